The van der Waals surface area contributed by atoms with Gasteiger partial charge in [-0.2, -0.15) is 0 Å². The van der Waals surface area contributed by atoms with Gasteiger partial charge < -0.3 is 48.6 Å². The molecule has 1 saturated carbocycles. The van der Waals surface area contributed by atoms with Crippen LogP contribution in [0.1, 0.15) is 118 Å². The zero-order valence-corrected chi connectivity index (χ0v) is 40.6. The average Bonchev–Trinajstić information content (AvgIpc) is 3.32. The fraction of sp³-hybridized carbons (Fsp3) is 0.712. The van der Waals surface area contributed by atoms with Crippen LogP contribution in [-0.2, 0) is 52.4 Å². The van der Waals surface area contributed by atoms with Crippen LogP contribution >= 0.6 is 0 Å². The van der Waals surface area contributed by atoms with Gasteiger partial charge in [0.2, 0.25) is 5.79 Å². The number of aliphatic hydroxyl groups is 3. The maximum absolute atomic E-state index is 14.4. The zero-order valence-electron chi connectivity index (χ0n) is 40.6. The number of hydrogen-bond donors (Lipinski definition) is 3. The van der Waals surface area contributed by atoms with Gasteiger partial charge in [-0.1, -0.05) is 69.2 Å². The molecule has 0 aromatic carbocycles. The minimum atomic E-state index is -2.39. The van der Waals surface area contributed by atoms with Gasteiger partial charge in [0.25, 0.3) is 11.7 Å². The number of cyclic esters (lactones) is 1. The Hall–Kier alpha value is -3.85. The summed E-state index contributed by atoms with van der Waals surface area (Å²) >= 11 is 0. The van der Waals surface area contributed by atoms with Crippen molar-refractivity contribution in [3.8, 4) is 12.3 Å². The number of carbonyl (C=O) groups excluding carboxylic acids is 5. The number of fused-ring (bicyclic) bond motifs is 3. The molecular formula is C52H77NO14. The molecule has 3 aliphatic heterocycles. The Kier molecular flexibility index (Phi) is 23.3. The minimum absolute atomic E-state index is 0.0123. The van der Waals surface area contributed by atoms with E-state index < -0.39 is 71.7 Å². The molecule has 4 rings (SSSR count). The summed E-state index contributed by atoms with van der Waals surface area (Å²) in [5.74, 6) is -4.75. The van der Waals surface area contributed by atoms with Gasteiger partial charge in [0.1, 0.15) is 36.7 Å². The predicted octanol–water partition coefficient (Wildman–Crippen LogP) is 5.32. The molecule has 1 aliphatic carbocycles. The van der Waals surface area contributed by atoms with Crippen molar-refractivity contribution in [2.24, 2.45) is 23.7 Å². The van der Waals surface area contributed by atoms with Crippen molar-refractivity contribution in [3.05, 3.63) is 48.1 Å². The quantitative estimate of drug-likeness (QED) is 0.0835. The maximum Gasteiger partial charge on any atom is 0.329 e. The second kappa shape index (κ2) is 28.0. The summed E-state index contributed by atoms with van der Waals surface area (Å²) in [6, 6.07) is -1.15. The number of Topliss-reactive ketones (excluding diaryl/α,β-unsaturated/α-hetero) is 3. The first-order valence-electron chi connectivity index (χ1n) is 24.3. The number of piperidine rings is 1. The second-order valence-electron chi connectivity index (χ2n) is 19.0. The first-order valence-corrected chi connectivity index (χ1v) is 24.3. The van der Waals surface area contributed by atoms with E-state index in [0.717, 1.165) is 6.42 Å². The van der Waals surface area contributed by atoms with Crippen LogP contribution in [0.15, 0.2) is 48.1 Å². The molecule has 3 N–H and O–H groups in total. The van der Waals surface area contributed by atoms with Crippen LogP contribution in [0.2, 0.25) is 0 Å². The van der Waals surface area contributed by atoms with Crippen LogP contribution in [0.3, 0.4) is 0 Å². The third-order valence-corrected chi connectivity index (χ3v) is 13.7. The normalized spacial score (nSPS) is 36.7. The highest BCUT2D eigenvalue weighted by atomic mass is 16.6. The van der Waals surface area contributed by atoms with Gasteiger partial charge in [0, 0.05) is 52.4 Å². The predicted molar refractivity (Wildman–Crippen MR) is 250 cm³/mol. The highest BCUT2D eigenvalue weighted by Gasteiger charge is 2.49. The standard InChI is InChI=1S/C52H77NO14/c1-8-26-64-27-28-65-44-23-21-38(31-46(44)63-7)30-36(4)45-33-43(55)35(3)29-37(5)47(56)48(57)42(54)22-20-34(2)16-11-9-10-12-17-39(62-6)32-40-18-15-24-52(61,67-40)49(58)50(59)53-25-14-13-19-41(53)51(60)66-45/h1,9-12,16-17,29,34-36,38-41,44-48,56-57,61H,13-15,18-28,30-33H2,2-7H3/b10-9+,16-11+,17-12+,37-29+/t34-,35-,36-,38?,39-,40+,41+,44-,45+,46-,47-,48+,52-/m1/s1. The molecule has 1 amide bonds. The summed E-state index contributed by atoms with van der Waals surface area (Å²) in [4.78, 5) is 70.7. The van der Waals surface area contributed by atoms with Crippen LogP contribution in [0.5, 0.6) is 0 Å². The number of hydrogen-bond acceptors (Lipinski definition) is 14. The van der Waals surface area contributed by atoms with Crippen molar-refractivity contribution in [1.29, 1.82) is 0 Å². The van der Waals surface area contributed by atoms with E-state index >= 15 is 0 Å². The highest BCUT2D eigenvalue weighted by Crippen LogP contribution is 2.36. The van der Waals surface area contributed by atoms with E-state index in [9.17, 15) is 39.3 Å². The lowest BCUT2D eigenvalue weighted by Gasteiger charge is -2.40. The summed E-state index contributed by atoms with van der Waals surface area (Å²) in [6.07, 6.45) is 17.8. The van der Waals surface area contributed by atoms with Gasteiger partial charge in [-0.25, -0.2) is 4.79 Å². The molecule has 0 spiro atoms. The molecule has 1 unspecified atom stereocenters. The number of methoxy groups -OCH3 is 2. The SMILES string of the molecule is C#CCOCCO[C@@H]1CCC(C[C@@H](C)[C@@H]2CC(=O)[C@H](C)/C=C(\C)[C@@H](O)[C@@H](O)C(=O)CC[C@H](C)/C=C/C=C/C=C/[C@@H](OC)C[C@@H]3CCC[C@@](O)(O3)C(=O)C(=O)N3CCCC[C@H]3C(=O)O2)C[C@H]1OC. The van der Waals surface area contributed by atoms with Crippen LogP contribution in [0, 0.1) is 36.0 Å². The average molecular weight is 940 g/mol. The van der Waals surface area contributed by atoms with Crippen molar-refractivity contribution in [1.82, 2.24) is 4.90 Å². The third-order valence-electron chi connectivity index (χ3n) is 13.7. The molecule has 2 bridgehead atoms. The number of nitrogens with zero attached hydrogens (tertiary/aromatic N) is 1. The van der Waals surface area contributed by atoms with Crippen molar-refractivity contribution >= 4 is 29.2 Å². The Morgan fingerprint density at radius 2 is 1.63 bits per heavy atom. The molecule has 0 aromatic heterocycles. The fourth-order valence-corrected chi connectivity index (χ4v) is 9.60. The van der Waals surface area contributed by atoms with E-state index in [1.807, 2.05) is 44.2 Å². The van der Waals surface area contributed by atoms with Crippen LogP contribution in [0.25, 0.3) is 0 Å². The molecule has 374 valence electrons. The Labute approximate surface area is 397 Å². The second-order valence-corrected chi connectivity index (χ2v) is 19.0. The summed E-state index contributed by atoms with van der Waals surface area (Å²) in [6.45, 7) is 8.06. The first kappa shape index (κ1) is 55.7. The van der Waals surface area contributed by atoms with Gasteiger partial charge in [0.15, 0.2) is 5.78 Å². The number of allylic oxidation sites excluding steroid dienone is 6. The number of ether oxygens (including phenoxy) is 6. The first-order chi connectivity index (χ1) is 32.0. The molecule has 67 heavy (non-hydrogen) atoms. The number of rotatable bonds is 10. The fourth-order valence-electron chi connectivity index (χ4n) is 9.60. The van der Waals surface area contributed by atoms with Crippen molar-refractivity contribution in [3.63, 3.8) is 0 Å². The van der Waals surface area contributed by atoms with E-state index in [0.29, 0.717) is 71.0 Å². The Bertz CT molecular complexity index is 1800. The van der Waals surface area contributed by atoms with E-state index in [1.165, 1.54) is 11.0 Å². The molecule has 3 fully saturated rings. The Morgan fingerprint density at radius 1 is 0.881 bits per heavy atom. The Balaban J connectivity index is 1.61. The molecule has 15 heteroatoms. The lowest BCUT2D eigenvalue weighted by molar-refractivity contribution is -0.244. The van der Waals surface area contributed by atoms with Gasteiger partial charge in [-0.05, 0) is 94.5 Å². The highest BCUT2D eigenvalue weighted by molar-refractivity contribution is 6.39. The Morgan fingerprint density at radius 3 is 2.34 bits per heavy atom. The molecule has 15 nitrogen and oxygen atoms in total. The lowest BCUT2D eigenvalue weighted by Crippen LogP contribution is -2.58. The van der Waals surface area contributed by atoms with E-state index in [1.54, 1.807) is 34.1 Å². The largest absolute Gasteiger partial charge is 0.460 e. The van der Waals surface area contributed by atoms with Gasteiger partial charge in [0.05, 0.1) is 37.6 Å². The zero-order chi connectivity index (χ0) is 49.1. The monoisotopic (exact) mass is 940 g/mol. The number of amides is 1. The number of aliphatic hydroxyl groups excluding tert-OH is 2. The summed E-state index contributed by atoms with van der Waals surface area (Å²) in [7, 11) is 3.18. The molecule has 0 radical (unpaired) electrons. The summed E-state index contributed by atoms with van der Waals surface area (Å²) in [5, 5.41) is 33.5. The smallest absolute Gasteiger partial charge is 0.329 e. The van der Waals surface area contributed by atoms with Crippen LogP contribution in [0.4, 0.5) is 0 Å². The number of esters is 1. The van der Waals surface area contributed by atoms with Crippen molar-refractivity contribution in [2.45, 2.75) is 172 Å². The molecule has 3 heterocycles. The summed E-state index contributed by atoms with van der Waals surface area (Å²) in [5.41, 5.74) is 0.247. The van der Waals surface area contributed by atoms with Crippen LogP contribution < -0.4 is 0 Å². The molecular weight excluding hydrogens is 863 g/mol. The van der Waals surface area contributed by atoms with E-state index in [4.69, 9.17) is 34.8 Å². The van der Waals surface area contributed by atoms with Crippen LogP contribution in [-0.4, -0.2) is 145 Å². The molecule has 13 atom stereocenters. The number of carbonyl (C=O) groups is 5. The van der Waals surface area contributed by atoms with E-state index in [-0.39, 0.29) is 80.2 Å². The molecule has 4 aliphatic rings. The lowest BCUT2D eigenvalue weighted by atomic mass is 9.78. The topological polar surface area (TPSA) is 205 Å². The number of ketones is 3. The van der Waals surface area contributed by atoms with Gasteiger partial charge in [-0.15, -0.1) is 6.42 Å². The van der Waals surface area contributed by atoms with Crippen molar-refractivity contribution < 1.29 is 67.7 Å². The van der Waals surface area contributed by atoms with Gasteiger partial charge in [-0.3, -0.25) is 19.2 Å². The third kappa shape index (κ3) is 17.0. The van der Waals surface area contributed by atoms with Crippen molar-refractivity contribution in [2.75, 3.05) is 40.6 Å². The maximum atomic E-state index is 14.4. The molecule has 2 saturated heterocycles. The van der Waals surface area contributed by atoms with Gasteiger partial charge >= 0.3 is 5.97 Å². The summed E-state index contributed by atoms with van der Waals surface area (Å²) < 4.78 is 35.2. The molecule has 0 aromatic rings. The number of terminal acetylenes is 1. The van der Waals surface area contributed by atoms with E-state index in [2.05, 4.69) is 5.92 Å². The minimum Gasteiger partial charge on any atom is -0.460 e.